The smallest absolute Gasteiger partial charge is 0.262 e. The number of benzene rings is 2. The molecule has 0 radical (unpaired) electrons. The van der Waals surface area contributed by atoms with Crippen LogP contribution < -0.4 is 10.3 Å². The molecule has 3 aromatic rings. The molecule has 5 heteroatoms. The third kappa shape index (κ3) is 4.04. The first-order chi connectivity index (χ1) is 12.1. The molecule has 0 atom stereocenters. The van der Waals surface area contributed by atoms with Gasteiger partial charge in [0.1, 0.15) is 5.75 Å². The van der Waals surface area contributed by atoms with Crippen LogP contribution in [0.25, 0.3) is 10.9 Å². The number of hydrogen-bond acceptors (Lipinski definition) is 4. The van der Waals surface area contributed by atoms with Gasteiger partial charge in [-0.3, -0.25) is 9.36 Å². The van der Waals surface area contributed by atoms with E-state index in [2.05, 4.69) is 13.8 Å². The van der Waals surface area contributed by atoms with Gasteiger partial charge >= 0.3 is 0 Å². The highest BCUT2D eigenvalue weighted by atomic mass is 32.2. The molecule has 0 aliphatic heterocycles. The van der Waals surface area contributed by atoms with E-state index in [0.717, 1.165) is 27.7 Å². The maximum absolute atomic E-state index is 13.0. The molecule has 130 valence electrons. The van der Waals surface area contributed by atoms with Crippen molar-refractivity contribution >= 4 is 22.7 Å². The first-order valence-corrected chi connectivity index (χ1v) is 9.32. The molecule has 0 bridgehead atoms. The summed E-state index contributed by atoms with van der Waals surface area (Å²) < 4.78 is 6.98. The van der Waals surface area contributed by atoms with Crippen LogP contribution in [0.2, 0.25) is 0 Å². The van der Waals surface area contributed by atoms with Crippen molar-refractivity contribution in [1.29, 1.82) is 0 Å². The zero-order chi connectivity index (χ0) is 17.8. The van der Waals surface area contributed by atoms with E-state index in [-0.39, 0.29) is 5.56 Å². The van der Waals surface area contributed by atoms with Gasteiger partial charge in [-0.05, 0) is 35.7 Å². The van der Waals surface area contributed by atoms with Gasteiger partial charge in [0.05, 0.1) is 24.6 Å². The Labute approximate surface area is 151 Å². The van der Waals surface area contributed by atoms with Crippen molar-refractivity contribution in [1.82, 2.24) is 9.55 Å². The number of aromatic nitrogens is 2. The number of rotatable bonds is 6. The standard InChI is InChI=1S/C20H22N2O2S/c1-14(2)13-25-20-21-18-7-5-4-6-17(18)19(23)22(20)12-15-8-10-16(24-3)11-9-15/h4-11,14H,12-13H2,1-3H3. The summed E-state index contributed by atoms with van der Waals surface area (Å²) in [6.45, 7) is 4.83. The SMILES string of the molecule is COc1ccc(Cn2c(SCC(C)C)nc3ccccc3c2=O)cc1. The molecule has 0 saturated heterocycles. The molecule has 25 heavy (non-hydrogen) atoms. The van der Waals surface area contributed by atoms with Gasteiger partial charge in [-0.2, -0.15) is 0 Å². The molecular weight excluding hydrogens is 332 g/mol. The van der Waals surface area contributed by atoms with Crippen LogP contribution in [0.1, 0.15) is 19.4 Å². The lowest BCUT2D eigenvalue weighted by Crippen LogP contribution is -2.24. The van der Waals surface area contributed by atoms with Crippen molar-refractivity contribution in [2.24, 2.45) is 5.92 Å². The summed E-state index contributed by atoms with van der Waals surface area (Å²) in [6.07, 6.45) is 0. The molecule has 1 heterocycles. The predicted molar refractivity (Wildman–Crippen MR) is 104 cm³/mol. The first-order valence-electron chi connectivity index (χ1n) is 8.34. The zero-order valence-corrected chi connectivity index (χ0v) is 15.5. The Morgan fingerprint density at radius 3 is 2.52 bits per heavy atom. The number of fused-ring (bicyclic) bond motifs is 1. The molecule has 0 unspecified atom stereocenters. The van der Waals surface area contributed by atoms with Gasteiger partial charge in [-0.1, -0.05) is 49.9 Å². The third-order valence-electron chi connectivity index (χ3n) is 3.87. The quantitative estimate of drug-likeness (QED) is 0.491. The van der Waals surface area contributed by atoms with Crippen LogP contribution in [0, 0.1) is 5.92 Å². The Morgan fingerprint density at radius 2 is 1.84 bits per heavy atom. The molecule has 0 spiro atoms. The number of nitrogens with zero attached hydrogens (tertiary/aromatic N) is 2. The fraction of sp³-hybridized carbons (Fsp3) is 0.300. The second kappa shape index (κ2) is 7.74. The normalized spacial score (nSPS) is 11.2. The van der Waals surface area contributed by atoms with Gasteiger partial charge in [0.2, 0.25) is 0 Å². The van der Waals surface area contributed by atoms with Gasteiger partial charge in [0.25, 0.3) is 5.56 Å². The van der Waals surface area contributed by atoms with Crippen LogP contribution in [0.15, 0.2) is 58.5 Å². The fourth-order valence-electron chi connectivity index (χ4n) is 2.55. The minimum absolute atomic E-state index is 0.00711. The third-order valence-corrected chi connectivity index (χ3v) is 5.28. The topological polar surface area (TPSA) is 44.1 Å². The summed E-state index contributed by atoms with van der Waals surface area (Å²) in [7, 11) is 1.65. The molecule has 0 aliphatic rings. The van der Waals surface area contributed by atoms with Crippen molar-refractivity contribution in [2.75, 3.05) is 12.9 Å². The van der Waals surface area contributed by atoms with Gasteiger partial charge in [-0.25, -0.2) is 4.98 Å². The Morgan fingerprint density at radius 1 is 1.12 bits per heavy atom. The maximum atomic E-state index is 13.0. The lowest BCUT2D eigenvalue weighted by atomic mass is 10.2. The summed E-state index contributed by atoms with van der Waals surface area (Å²) in [5.74, 6) is 2.26. The van der Waals surface area contributed by atoms with E-state index in [1.54, 1.807) is 23.4 Å². The Bertz CT molecular complexity index is 917. The Kier molecular flexibility index (Phi) is 5.43. The number of ether oxygens (including phenoxy) is 1. The average Bonchev–Trinajstić information content (AvgIpc) is 2.63. The molecule has 3 rings (SSSR count). The Balaban J connectivity index is 2.04. The van der Waals surface area contributed by atoms with Crippen LogP contribution in [-0.2, 0) is 6.54 Å². The summed E-state index contributed by atoms with van der Waals surface area (Å²) in [6, 6.07) is 15.3. The summed E-state index contributed by atoms with van der Waals surface area (Å²) in [5.41, 5.74) is 1.81. The molecular formula is C20H22N2O2S. The largest absolute Gasteiger partial charge is 0.497 e. The lowest BCUT2D eigenvalue weighted by molar-refractivity contribution is 0.414. The average molecular weight is 354 g/mol. The fourth-order valence-corrected chi connectivity index (χ4v) is 3.50. The van der Waals surface area contributed by atoms with E-state index < -0.39 is 0 Å². The van der Waals surface area contributed by atoms with Crippen LogP contribution in [-0.4, -0.2) is 22.4 Å². The minimum atomic E-state index is 0.00711. The number of methoxy groups -OCH3 is 1. The summed E-state index contributed by atoms with van der Waals surface area (Å²) >= 11 is 1.64. The lowest BCUT2D eigenvalue weighted by Gasteiger charge is -2.14. The molecule has 2 aromatic carbocycles. The van der Waals surface area contributed by atoms with Gasteiger partial charge in [0, 0.05) is 5.75 Å². The molecule has 0 N–H and O–H groups in total. The summed E-state index contributed by atoms with van der Waals surface area (Å²) in [5, 5.41) is 1.43. The monoisotopic (exact) mass is 354 g/mol. The number of para-hydroxylation sites is 1. The van der Waals surface area contributed by atoms with Crippen LogP contribution in [0.4, 0.5) is 0 Å². The maximum Gasteiger partial charge on any atom is 0.262 e. The van der Waals surface area contributed by atoms with Crippen molar-refractivity contribution in [3.05, 3.63) is 64.4 Å². The molecule has 0 amide bonds. The second-order valence-electron chi connectivity index (χ2n) is 6.36. The highest BCUT2D eigenvalue weighted by Gasteiger charge is 2.12. The highest BCUT2D eigenvalue weighted by Crippen LogP contribution is 2.21. The van der Waals surface area contributed by atoms with Crippen molar-refractivity contribution in [2.45, 2.75) is 25.5 Å². The molecule has 0 saturated carbocycles. The summed E-state index contributed by atoms with van der Waals surface area (Å²) in [4.78, 5) is 17.7. The number of thioether (sulfide) groups is 1. The van der Waals surface area contributed by atoms with Gasteiger partial charge in [-0.15, -0.1) is 0 Å². The molecule has 4 nitrogen and oxygen atoms in total. The molecule has 0 aliphatic carbocycles. The van der Waals surface area contributed by atoms with E-state index >= 15 is 0 Å². The van der Waals surface area contributed by atoms with Crippen LogP contribution in [0.3, 0.4) is 0 Å². The highest BCUT2D eigenvalue weighted by molar-refractivity contribution is 7.99. The van der Waals surface area contributed by atoms with Crippen molar-refractivity contribution < 1.29 is 4.74 Å². The first kappa shape index (κ1) is 17.5. The van der Waals surface area contributed by atoms with Crippen molar-refractivity contribution in [3.8, 4) is 5.75 Å². The van der Waals surface area contributed by atoms with Gasteiger partial charge in [0.15, 0.2) is 5.16 Å². The zero-order valence-electron chi connectivity index (χ0n) is 14.7. The van der Waals surface area contributed by atoms with Crippen LogP contribution >= 0.6 is 11.8 Å². The van der Waals surface area contributed by atoms with Crippen LogP contribution in [0.5, 0.6) is 5.75 Å². The minimum Gasteiger partial charge on any atom is -0.497 e. The van der Waals surface area contributed by atoms with E-state index in [1.165, 1.54) is 0 Å². The van der Waals surface area contributed by atoms with E-state index in [4.69, 9.17) is 9.72 Å². The molecule has 0 fully saturated rings. The van der Waals surface area contributed by atoms with E-state index in [1.807, 2.05) is 48.5 Å². The van der Waals surface area contributed by atoms with E-state index in [0.29, 0.717) is 17.8 Å². The number of hydrogen-bond donors (Lipinski definition) is 0. The molecule has 1 aromatic heterocycles. The predicted octanol–water partition coefficient (Wildman–Crippen LogP) is 4.20. The second-order valence-corrected chi connectivity index (χ2v) is 7.34. The van der Waals surface area contributed by atoms with Crippen molar-refractivity contribution in [3.63, 3.8) is 0 Å². The van der Waals surface area contributed by atoms with Gasteiger partial charge < -0.3 is 4.74 Å². The van der Waals surface area contributed by atoms with E-state index in [9.17, 15) is 4.79 Å². The Hall–Kier alpha value is -2.27.